The third-order valence-corrected chi connectivity index (χ3v) is 11.2. The second kappa shape index (κ2) is 50.3. The van der Waals surface area contributed by atoms with Crippen molar-refractivity contribution >= 4 is 41.2 Å². The number of carboxylic acid groups (broad SMARTS) is 5. The maximum Gasteiger partial charge on any atom is 0.371 e. The van der Waals surface area contributed by atoms with Gasteiger partial charge >= 0.3 is 29.8 Å². The predicted octanol–water partition coefficient (Wildman–Crippen LogP) is 17.1. The molecule has 72 heavy (non-hydrogen) atoms. The number of unbranched alkanes of at least 4 members (excludes halogenated alkanes) is 9. The number of carbonyl (C=O) groups is 5. The molecule has 0 aliphatic rings. The molecule has 4 aromatic rings. The van der Waals surface area contributed by atoms with E-state index in [4.69, 9.17) is 29.9 Å². The Labute approximate surface area is 437 Å². The number of hydrogen-bond donors (Lipinski definition) is 6. The quantitative estimate of drug-likeness (QED) is 0.0244. The Morgan fingerprint density at radius 3 is 1.58 bits per heavy atom. The summed E-state index contributed by atoms with van der Waals surface area (Å²) in [7, 11) is 0. The Balaban J connectivity index is -0.000000776. The van der Waals surface area contributed by atoms with Gasteiger partial charge in [-0.3, -0.25) is 9.59 Å². The number of allylic oxidation sites excluding steroid dienone is 3. The summed E-state index contributed by atoms with van der Waals surface area (Å²) in [5, 5.41) is 42.1. The Morgan fingerprint density at radius 2 is 1.10 bits per heavy atom. The highest BCUT2D eigenvalue weighted by Gasteiger charge is 2.08. The number of H-pyrrole nitrogens is 1. The Morgan fingerprint density at radius 1 is 0.514 bits per heavy atom. The molecule has 0 atom stereocenters. The van der Waals surface area contributed by atoms with Crippen molar-refractivity contribution in [3.8, 4) is 0 Å². The van der Waals surface area contributed by atoms with Gasteiger partial charge in [0.1, 0.15) is 16.3 Å². The zero-order chi connectivity index (χ0) is 54.8. The summed E-state index contributed by atoms with van der Waals surface area (Å²) in [6.07, 6.45) is 31.9. The third-order valence-electron chi connectivity index (χ3n) is 10.0. The molecule has 12 nitrogen and oxygen atoms in total. The number of aliphatic carboxylic acids is 2. The van der Waals surface area contributed by atoms with Crippen LogP contribution < -0.4 is 0 Å². The monoisotopic (exact) mass is 1020 g/mol. The minimum Gasteiger partial charge on any atom is -0.481 e. The number of aryl methyl sites for hydroxylation is 5. The molecular formula is C59H93NO11S. The molecule has 0 saturated carbocycles. The SMILES string of the molecule is CC/C=C\CC(=O)O.CC/C=C\CCCC.CCCCCCCC(=O)O.CCCCc1ccc(C(=O)O)[nH]1.CCCCc1ccc(C(=O)O)o1.CCCCc1ccc(C(=O)O)s1.CCCc1ccc(C)cc1. The van der Waals surface area contributed by atoms with Crippen LogP contribution >= 0.6 is 11.3 Å². The second-order valence-electron chi connectivity index (χ2n) is 16.9. The Kier molecular flexibility index (Phi) is 49.3. The summed E-state index contributed by atoms with van der Waals surface area (Å²) in [4.78, 5) is 55.7. The largest absolute Gasteiger partial charge is 0.481 e. The van der Waals surface area contributed by atoms with Crippen molar-refractivity contribution in [3.63, 3.8) is 0 Å². The number of aromatic nitrogens is 1. The number of rotatable bonds is 27. The van der Waals surface area contributed by atoms with Crippen molar-refractivity contribution in [1.29, 1.82) is 0 Å². The Hall–Kier alpha value is -5.69. The van der Waals surface area contributed by atoms with Crippen LogP contribution in [0.5, 0.6) is 0 Å². The second-order valence-corrected chi connectivity index (χ2v) is 18.1. The van der Waals surface area contributed by atoms with Crippen LogP contribution in [-0.2, 0) is 35.3 Å². The van der Waals surface area contributed by atoms with Crippen molar-refractivity contribution < 1.29 is 53.9 Å². The van der Waals surface area contributed by atoms with Crippen LogP contribution in [0.2, 0.25) is 0 Å². The molecule has 406 valence electrons. The molecule has 3 aromatic heterocycles. The molecule has 1 aromatic carbocycles. The Bertz CT molecular complexity index is 1850. The van der Waals surface area contributed by atoms with Crippen molar-refractivity contribution in [1.82, 2.24) is 4.98 Å². The minimum atomic E-state index is -1.00. The molecule has 0 radical (unpaired) electrons. The molecule has 0 unspecified atom stereocenters. The van der Waals surface area contributed by atoms with Gasteiger partial charge in [-0.15, -0.1) is 11.3 Å². The zero-order valence-corrected chi connectivity index (χ0v) is 46.3. The topological polar surface area (TPSA) is 215 Å². The molecule has 0 bridgehead atoms. The lowest BCUT2D eigenvalue weighted by Crippen LogP contribution is -1.96. The van der Waals surface area contributed by atoms with E-state index < -0.39 is 29.8 Å². The average Bonchev–Trinajstić information content (AvgIpc) is 4.16. The van der Waals surface area contributed by atoms with Gasteiger partial charge in [-0.05, 0) is 113 Å². The third kappa shape index (κ3) is 45.4. The van der Waals surface area contributed by atoms with Gasteiger partial charge < -0.3 is 34.9 Å². The highest BCUT2D eigenvalue weighted by molar-refractivity contribution is 7.13. The van der Waals surface area contributed by atoms with Crippen LogP contribution in [0.25, 0.3) is 0 Å². The van der Waals surface area contributed by atoms with E-state index in [1.807, 2.05) is 25.1 Å². The van der Waals surface area contributed by atoms with Crippen LogP contribution in [0.3, 0.4) is 0 Å². The summed E-state index contributed by atoms with van der Waals surface area (Å²) in [5.74, 6) is -3.36. The van der Waals surface area contributed by atoms with E-state index in [0.29, 0.717) is 11.3 Å². The van der Waals surface area contributed by atoms with Crippen molar-refractivity contribution in [3.05, 3.63) is 129 Å². The van der Waals surface area contributed by atoms with Gasteiger partial charge in [0.15, 0.2) is 0 Å². The first-order valence-electron chi connectivity index (χ1n) is 26.3. The smallest absolute Gasteiger partial charge is 0.371 e. The van der Waals surface area contributed by atoms with E-state index in [-0.39, 0.29) is 17.9 Å². The molecule has 13 heteroatoms. The fourth-order valence-corrected chi connectivity index (χ4v) is 6.80. The zero-order valence-electron chi connectivity index (χ0n) is 45.4. The number of furan rings is 1. The van der Waals surface area contributed by atoms with E-state index in [2.05, 4.69) is 96.8 Å². The molecule has 0 fully saturated rings. The predicted molar refractivity (Wildman–Crippen MR) is 297 cm³/mol. The summed E-state index contributed by atoms with van der Waals surface area (Å²) in [6, 6.07) is 19.0. The number of aromatic carboxylic acids is 3. The number of carboxylic acids is 5. The van der Waals surface area contributed by atoms with Gasteiger partial charge in [0.05, 0.1) is 6.42 Å². The summed E-state index contributed by atoms with van der Waals surface area (Å²) < 4.78 is 5.05. The number of hydrogen-bond acceptors (Lipinski definition) is 7. The van der Waals surface area contributed by atoms with Crippen molar-refractivity contribution in [2.45, 2.75) is 210 Å². The lowest BCUT2D eigenvalue weighted by molar-refractivity contribution is -0.137. The maximum absolute atomic E-state index is 10.5. The van der Waals surface area contributed by atoms with Gasteiger partial charge in [-0.25, -0.2) is 14.4 Å². The van der Waals surface area contributed by atoms with E-state index in [9.17, 15) is 24.0 Å². The molecule has 0 spiro atoms. The molecule has 6 N–H and O–H groups in total. The van der Waals surface area contributed by atoms with E-state index >= 15 is 0 Å². The molecule has 0 aliphatic heterocycles. The number of thiophene rings is 1. The van der Waals surface area contributed by atoms with E-state index in [1.165, 1.54) is 91.2 Å². The van der Waals surface area contributed by atoms with Crippen molar-refractivity contribution in [2.24, 2.45) is 0 Å². The summed E-state index contributed by atoms with van der Waals surface area (Å²) in [6.45, 7) is 19.2. The molecule has 0 saturated heterocycles. The van der Waals surface area contributed by atoms with Crippen LogP contribution in [0, 0.1) is 6.92 Å². The summed E-state index contributed by atoms with van der Waals surface area (Å²) in [5.41, 5.74) is 4.09. The van der Waals surface area contributed by atoms with Crippen LogP contribution in [0.1, 0.15) is 236 Å². The molecule has 0 aliphatic carbocycles. The van der Waals surface area contributed by atoms with Crippen LogP contribution in [0.15, 0.2) is 89.4 Å². The highest BCUT2D eigenvalue weighted by Crippen LogP contribution is 2.18. The lowest BCUT2D eigenvalue weighted by Gasteiger charge is -1.97. The lowest BCUT2D eigenvalue weighted by atomic mass is 10.1. The number of aromatic amines is 1. The molecule has 4 rings (SSSR count). The van der Waals surface area contributed by atoms with Gasteiger partial charge in [0.2, 0.25) is 5.76 Å². The highest BCUT2D eigenvalue weighted by atomic mass is 32.1. The number of benzene rings is 1. The fourth-order valence-electron chi connectivity index (χ4n) is 5.92. The standard InChI is InChI=1S/C10H14.C9H13NO2.C9H12O3.C9H12O2S.C8H16O2.C8H16.C6H10O2/c1-3-4-10-7-5-9(2)6-8-10;1-2-3-4-7-5-6-8(10-7)9(11)12;2*1-2-3-4-7-5-6-8(12-7)9(10)11;1-2-3-4-5-6-7-8(9)10;1-3-5-7-8-6-4-2;1-2-3-4-5-6(7)8/h5-8H,3-4H2,1-2H3;5-6,10H,2-4H2,1H3,(H,11,12);2*5-6H,2-4H2,1H3,(H,10,11);2-7H2,1H3,(H,9,10);5,7H,3-4,6,8H2,1-2H3;3-4H,2,5H2,1H3,(H,7,8)/b;;;;;7-5-;4-3-. The summed E-state index contributed by atoms with van der Waals surface area (Å²) >= 11 is 1.38. The normalized spacial score (nSPS) is 10.1. The van der Waals surface area contributed by atoms with Gasteiger partial charge in [-0.2, -0.15) is 0 Å². The van der Waals surface area contributed by atoms with E-state index in [0.717, 1.165) is 88.5 Å². The van der Waals surface area contributed by atoms with Gasteiger partial charge in [-0.1, -0.05) is 174 Å². The molecular weight excluding hydrogens is 931 g/mol. The average molecular weight is 1020 g/mol. The van der Waals surface area contributed by atoms with Gasteiger partial charge in [0, 0.05) is 23.4 Å². The van der Waals surface area contributed by atoms with Crippen LogP contribution in [-0.4, -0.2) is 60.4 Å². The van der Waals surface area contributed by atoms with Crippen LogP contribution in [0.4, 0.5) is 0 Å². The molecule has 0 amide bonds. The number of nitrogens with one attached hydrogen (secondary N) is 1. The van der Waals surface area contributed by atoms with Gasteiger partial charge in [0.25, 0.3) is 0 Å². The first-order chi connectivity index (χ1) is 34.5. The van der Waals surface area contributed by atoms with E-state index in [1.54, 1.807) is 24.3 Å². The first kappa shape index (κ1) is 70.6. The minimum absolute atomic E-state index is 0.0288. The first-order valence-corrected chi connectivity index (χ1v) is 27.2. The fraction of sp³-hybridized carbons (Fsp3) is 0.542. The van der Waals surface area contributed by atoms with Crippen molar-refractivity contribution in [2.75, 3.05) is 0 Å². The molecule has 3 heterocycles. The maximum atomic E-state index is 10.5.